The number of aliphatic carboxylic acids is 1. The minimum Gasteiger partial charge on any atom is -0.480 e. The monoisotopic (exact) mass is 362 g/mol. The van der Waals surface area contributed by atoms with E-state index >= 15 is 0 Å². The molecule has 6 nitrogen and oxygen atoms in total. The first-order valence-electron chi connectivity index (χ1n) is 8.06. The van der Waals surface area contributed by atoms with E-state index in [2.05, 4.69) is 10.6 Å². The standard InChI is InChI=1S/C18H22N2O4S/c1-10(2)6-14(18(23)24)20-16(21)8-19-17(22)13-9-25-15-7-11(3)4-5-12(13)15/h4-5,7,9-10,14H,6,8H2,1-3H3,(H,19,22)(H,20,21)(H,23,24)/t14-/m0/s1. The summed E-state index contributed by atoms with van der Waals surface area (Å²) in [5.41, 5.74) is 1.63. The molecule has 0 unspecified atom stereocenters. The lowest BCUT2D eigenvalue weighted by molar-refractivity contribution is -0.142. The molecule has 0 fully saturated rings. The fourth-order valence-electron chi connectivity index (χ4n) is 2.51. The van der Waals surface area contributed by atoms with Crippen molar-refractivity contribution in [3.05, 3.63) is 34.7 Å². The van der Waals surface area contributed by atoms with Crippen molar-refractivity contribution in [3.8, 4) is 0 Å². The van der Waals surface area contributed by atoms with Gasteiger partial charge in [0.25, 0.3) is 5.91 Å². The number of hydrogen-bond donors (Lipinski definition) is 3. The highest BCUT2D eigenvalue weighted by atomic mass is 32.1. The van der Waals surface area contributed by atoms with Gasteiger partial charge in [-0.05, 0) is 30.9 Å². The van der Waals surface area contributed by atoms with Crippen molar-refractivity contribution in [3.63, 3.8) is 0 Å². The van der Waals surface area contributed by atoms with Crippen LogP contribution in [0.1, 0.15) is 36.2 Å². The van der Waals surface area contributed by atoms with Crippen LogP contribution in [-0.4, -0.2) is 35.5 Å². The summed E-state index contributed by atoms with van der Waals surface area (Å²) >= 11 is 1.47. The summed E-state index contributed by atoms with van der Waals surface area (Å²) < 4.78 is 1.01. The zero-order chi connectivity index (χ0) is 18.6. The van der Waals surface area contributed by atoms with E-state index in [0.717, 1.165) is 15.6 Å². The number of carbonyl (C=O) groups excluding carboxylic acids is 2. The highest BCUT2D eigenvalue weighted by Gasteiger charge is 2.21. The number of aryl methyl sites for hydroxylation is 1. The van der Waals surface area contributed by atoms with Gasteiger partial charge in [0.1, 0.15) is 6.04 Å². The minimum absolute atomic E-state index is 0.136. The van der Waals surface area contributed by atoms with Crippen LogP contribution < -0.4 is 10.6 Å². The highest BCUT2D eigenvalue weighted by Crippen LogP contribution is 2.26. The van der Waals surface area contributed by atoms with Gasteiger partial charge in [-0.2, -0.15) is 0 Å². The van der Waals surface area contributed by atoms with Gasteiger partial charge in [-0.1, -0.05) is 26.0 Å². The first kappa shape index (κ1) is 18.9. The molecule has 0 bridgehead atoms. The lowest BCUT2D eigenvalue weighted by Gasteiger charge is -2.16. The third kappa shape index (κ3) is 5.03. The molecule has 2 rings (SSSR count). The second-order valence-corrected chi connectivity index (χ2v) is 7.33. The van der Waals surface area contributed by atoms with Gasteiger partial charge in [-0.15, -0.1) is 11.3 Å². The van der Waals surface area contributed by atoms with Gasteiger partial charge < -0.3 is 15.7 Å². The highest BCUT2D eigenvalue weighted by molar-refractivity contribution is 7.17. The number of carbonyl (C=O) groups is 3. The Morgan fingerprint density at radius 2 is 1.96 bits per heavy atom. The quantitative estimate of drug-likeness (QED) is 0.705. The van der Waals surface area contributed by atoms with E-state index in [1.807, 2.05) is 39.0 Å². The van der Waals surface area contributed by atoms with Crippen LogP contribution in [0, 0.1) is 12.8 Å². The number of fused-ring (bicyclic) bond motifs is 1. The summed E-state index contributed by atoms with van der Waals surface area (Å²) in [6, 6.07) is 4.88. The number of carboxylic acid groups (broad SMARTS) is 1. The van der Waals surface area contributed by atoms with Crippen LogP contribution in [0.3, 0.4) is 0 Å². The largest absolute Gasteiger partial charge is 0.480 e. The maximum absolute atomic E-state index is 12.3. The molecule has 1 aromatic heterocycles. The van der Waals surface area contributed by atoms with Crippen LogP contribution in [0.5, 0.6) is 0 Å². The first-order valence-corrected chi connectivity index (χ1v) is 8.94. The fourth-order valence-corrected chi connectivity index (χ4v) is 3.54. The van der Waals surface area contributed by atoms with Crippen LogP contribution in [0.25, 0.3) is 10.1 Å². The predicted octanol–water partition coefficient (Wildman–Crippen LogP) is 2.56. The molecule has 0 saturated heterocycles. The molecular formula is C18H22N2O4S. The lowest BCUT2D eigenvalue weighted by Crippen LogP contribution is -2.46. The maximum Gasteiger partial charge on any atom is 0.326 e. The van der Waals surface area contributed by atoms with Gasteiger partial charge in [0, 0.05) is 15.5 Å². The molecule has 1 atom stereocenters. The Labute approximate surface area is 150 Å². The summed E-state index contributed by atoms with van der Waals surface area (Å²) in [5, 5.41) is 16.7. The SMILES string of the molecule is Cc1ccc2c(C(=O)NCC(=O)N[C@@H](CC(C)C)C(=O)O)csc2c1. The normalized spacial score (nSPS) is 12.2. The van der Waals surface area contributed by atoms with Crippen molar-refractivity contribution in [1.82, 2.24) is 10.6 Å². The molecule has 25 heavy (non-hydrogen) atoms. The van der Waals surface area contributed by atoms with Gasteiger partial charge in [0.15, 0.2) is 0 Å². The second kappa shape index (κ2) is 8.11. The number of benzene rings is 1. The molecule has 1 heterocycles. The number of hydrogen-bond acceptors (Lipinski definition) is 4. The molecule has 0 aliphatic heterocycles. The van der Waals surface area contributed by atoms with Gasteiger partial charge >= 0.3 is 5.97 Å². The zero-order valence-corrected chi connectivity index (χ0v) is 15.3. The van der Waals surface area contributed by atoms with Crippen molar-refractivity contribution in [2.24, 2.45) is 5.92 Å². The molecule has 0 aliphatic rings. The van der Waals surface area contributed by atoms with E-state index in [-0.39, 0.29) is 18.4 Å². The van der Waals surface area contributed by atoms with E-state index in [0.29, 0.717) is 12.0 Å². The summed E-state index contributed by atoms with van der Waals surface area (Å²) in [4.78, 5) is 35.4. The van der Waals surface area contributed by atoms with Gasteiger partial charge in [0.05, 0.1) is 12.1 Å². The van der Waals surface area contributed by atoms with Gasteiger partial charge in [0.2, 0.25) is 5.91 Å². The van der Waals surface area contributed by atoms with Gasteiger partial charge in [-0.25, -0.2) is 4.79 Å². The van der Waals surface area contributed by atoms with Crippen molar-refractivity contribution in [1.29, 1.82) is 0 Å². The van der Waals surface area contributed by atoms with E-state index in [9.17, 15) is 14.4 Å². The van der Waals surface area contributed by atoms with Crippen LogP contribution >= 0.6 is 11.3 Å². The summed E-state index contributed by atoms with van der Waals surface area (Å²) in [6.45, 7) is 5.49. The molecule has 0 aliphatic carbocycles. The minimum atomic E-state index is -1.08. The summed E-state index contributed by atoms with van der Waals surface area (Å²) in [7, 11) is 0. The third-order valence-electron chi connectivity index (χ3n) is 3.73. The van der Waals surface area contributed by atoms with Crippen LogP contribution in [0.15, 0.2) is 23.6 Å². The Balaban J connectivity index is 1.96. The molecule has 1 aromatic carbocycles. The van der Waals surface area contributed by atoms with Crippen LogP contribution in [0.2, 0.25) is 0 Å². The lowest BCUT2D eigenvalue weighted by atomic mass is 10.0. The van der Waals surface area contributed by atoms with Crippen molar-refractivity contribution < 1.29 is 19.5 Å². The van der Waals surface area contributed by atoms with Crippen molar-refractivity contribution in [2.75, 3.05) is 6.54 Å². The van der Waals surface area contributed by atoms with E-state index in [1.54, 1.807) is 5.38 Å². The smallest absolute Gasteiger partial charge is 0.326 e. The second-order valence-electron chi connectivity index (χ2n) is 6.42. The Hall–Kier alpha value is -2.41. The summed E-state index contributed by atoms with van der Waals surface area (Å²) in [5.74, 6) is -1.80. The van der Waals surface area contributed by atoms with Gasteiger partial charge in [-0.3, -0.25) is 9.59 Å². The molecule has 3 N–H and O–H groups in total. The fraction of sp³-hybridized carbons (Fsp3) is 0.389. The molecule has 2 amide bonds. The van der Waals surface area contributed by atoms with E-state index in [1.165, 1.54) is 11.3 Å². The van der Waals surface area contributed by atoms with Crippen LogP contribution in [0.4, 0.5) is 0 Å². The number of thiophene rings is 1. The number of carboxylic acids is 1. The van der Waals surface area contributed by atoms with Crippen molar-refractivity contribution >= 4 is 39.2 Å². The van der Waals surface area contributed by atoms with Crippen molar-refractivity contribution in [2.45, 2.75) is 33.2 Å². The molecule has 134 valence electrons. The molecule has 0 spiro atoms. The molecule has 0 radical (unpaired) electrons. The molecular weight excluding hydrogens is 340 g/mol. The topological polar surface area (TPSA) is 95.5 Å². The Morgan fingerprint density at radius 1 is 1.24 bits per heavy atom. The first-order chi connectivity index (χ1) is 11.8. The third-order valence-corrected chi connectivity index (χ3v) is 4.67. The Morgan fingerprint density at radius 3 is 2.60 bits per heavy atom. The zero-order valence-electron chi connectivity index (χ0n) is 14.5. The maximum atomic E-state index is 12.3. The summed E-state index contributed by atoms with van der Waals surface area (Å²) in [6.07, 6.45) is 0.337. The molecule has 0 saturated carbocycles. The van der Waals surface area contributed by atoms with Crippen LogP contribution in [-0.2, 0) is 9.59 Å². The van der Waals surface area contributed by atoms with E-state index in [4.69, 9.17) is 5.11 Å². The molecule has 2 aromatic rings. The predicted molar refractivity (Wildman–Crippen MR) is 97.9 cm³/mol. The van der Waals surface area contributed by atoms with E-state index < -0.39 is 17.9 Å². The number of rotatable bonds is 7. The average molecular weight is 362 g/mol. The Bertz CT molecular complexity index is 797. The average Bonchev–Trinajstić information content (AvgIpc) is 2.94. The number of nitrogens with one attached hydrogen (secondary N) is 2. The molecule has 7 heteroatoms. The Kier molecular flexibility index (Phi) is 6.14. The number of amides is 2.